The summed E-state index contributed by atoms with van der Waals surface area (Å²) in [5.41, 5.74) is 0.732. The van der Waals surface area contributed by atoms with Crippen molar-refractivity contribution in [3.8, 4) is 28.4 Å². The van der Waals surface area contributed by atoms with Crippen LogP contribution in [0.1, 0.15) is 5.56 Å². The van der Waals surface area contributed by atoms with Crippen LogP contribution in [0.2, 0.25) is 5.02 Å². The van der Waals surface area contributed by atoms with E-state index in [9.17, 15) is 18.0 Å². The van der Waals surface area contributed by atoms with Gasteiger partial charge in [-0.15, -0.1) is 0 Å². The van der Waals surface area contributed by atoms with E-state index in [1.165, 1.54) is 35.6 Å². The SMILES string of the molecule is O=C(O)N1CC(Oc2cnc(-c3ccc(C(F)(F)F)cc3)c(-c3ccncc3Cl)n2)C1. The Morgan fingerprint density at radius 2 is 1.84 bits per heavy atom. The Morgan fingerprint density at radius 1 is 1.13 bits per heavy atom. The summed E-state index contributed by atoms with van der Waals surface area (Å²) < 4.78 is 44.4. The quantitative estimate of drug-likeness (QED) is 0.624. The smallest absolute Gasteiger partial charge is 0.416 e. The molecule has 160 valence electrons. The van der Waals surface area contributed by atoms with E-state index in [1.54, 1.807) is 6.07 Å². The summed E-state index contributed by atoms with van der Waals surface area (Å²) in [6.07, 6.45) is -1.60. The van der Waals surface area contributed by atoms with Gasteiger partial charge in [0.05, 0.1) is 35.6 Å². The number of pyridine rings is 1. The third-order valence-electron chi connectivity index (χ3n) is 4.67. The van der Waals surface area contributed by atoms with Gasteiger partial charge in [-0.2, -0.15) is 13.2 Å². The number of likely N-dealkylation sites (tertiary alicyclic amines) is 1. The highest BCUT2D eigenvalue weighted by atomic mass is 35.5. The summed E-state index contributed by atoms with van der Waals surface area (Å²) in [4.78, 5) is 24.8. The van der Waals surface area contributed by atoms with Gasteiger partial charge in [0.1, 0.15) is 11.8 Å². The third kappa shape index (κ3) is 4.38. The number of hydrogen-bond donors (Lipinski definition) is 1. The van der Waals surface area contributed by atoms with Crippen molar-refractivity contribution in [3.63, 3.8) is 0 Å². The molecule has 3 aromatic rings. The number of aromatic nitrogens is 3. The molecule has 0 bridgehead atoms. The number of alkyl halides is 3. The van der Waals surface area contributed by atoms with Gasteiger partial charge >= 0.3 is 12.3 Å². The van der Waals surface area contributed by atoms with Crippen LogP contribution >= 0.6 is 11.6 Å². The van der Waals surface area contributed by atoms with Gasteiger partial charge in [-0.05, 0) is 18.2 Å². The van der Waals surface area contributed by atoms with E-state index in [1.807, 2.05) is 0 Å². The van der Waals surface area contributed by atoms with E-state index in [-0.39, 0.29) is 30.1 Å². The topological polar surface area (TPSA) is 88.4 Å². The fourth-order valence-electron chi connectivity index (χ4n) is 3.05. The zero-order valence-corrected chi connectivity index (χ0v) is 16.4. The minimum Gasteiger partial charge on any atom is -0.469 e. The van der Waals surface area contributed by atoms with Crippen molar-refractivity contribution in [3.05, 3.63) is 59.5 Å². The van der Waals surface area contributed by atoms with Gasteiger partial charge in [-0.1, -0.05) is 23.7 Å². The summed E-state index contributed by atoms with van der Waals surface area (Å²) in [6.45, 7) is 0.395. The molecular weight excluding hydrogens is 437 g/mol. The molecule has 0 unspecified atom stereocenters. The lowest BCUT2D eigenvalue weighted by Gasteiger charge is -2.36. The summed E-state index contributed by atoms with van der Waals surface area (Å²) in [5, 5.41) is 9.20. The molecule has 1 aromatic carbocycles. The van der Waals surface area contributed by atoms with Crippen molar-refractivity contribution >= 4 is 17.7 Å². The molecule has 1 fully saturated rings. The Hall–Kier alpha value is -3.40. The first-order valence-corrected chi connectivity index (χ1v) is 9.39. The second kappa shape index (κ2) is 8.03. The lowest BCUT2D eigenvalue weighted by molar-refractivity contribution is -0.137. The molecule has 7 nitrogen and oxygen atoms in total. The monoisotopic (exact) mass is 450 g/mol. The number of nitrogens with zero attached hydrogens (tertiary/aromatic N) is 4. The van der Waals surface area contributed by atoms with Crippen molar-refractivity contribution in [2.75, 3.05) is 13.1 Å². The van der Waals surface area contributed by atoms with E-state index in [2.05, 4.69) is 15.0 Å². The molecule has 1 amide bonds. The van der Waals surface area contributed by atoms with E-state index in [4.69, 9.17) is 21.4 Å². The van der Waals surface area contributed by atoms with Gasteiger partial charge < -0.3 is 14.7 Å². The van der Waals surface area contributed by atoms with Crippen LogP contribution < -0.4 is 4.74 Å². The Kier molecular flexibility index (Phi) is 5.40. The van der Waals surface area contributed by atoms with E-state index in [0.29, 0.717) is 22.5 Å². The molecule has 0 saturated carbocycles. The Morgan fingerprint density at radius 3 is 2.45 bits per heavy atom. The van der Waals surface area contributed by atoms with Crippen LogP contribution in [0, 0.1) is 0 Å². The first kappa shape index (κ1) is 20.9. The van der Waals surface area contributed by atoms with Crippen LogP contribution in [-0.4, -0.2) is 50.2 Å². The molecule has 0 aliphatic carbocycles. The first-order valence-electron chi connectivity index (χ1n) is 9.01. The number of hydrogen-bond acceptors (Lipinski definition) is 5. The normalized spacial score (nSPS) is 14.3. The van der Waals surface area contributed by atoms with Crippen molar-refractivity contribution in [1.82, 2.24) is 19.9 Å². The van der Waals surface area contributed by atoms with Crippen molar-refractivity contribution in [2.24, 2.45) is 0 Å². The second-order valence-corrected chi connectivity index (χ2v) is 7.17. The second-order valence-electron chi connectivity index (χ2n) is 6.76. The molecule has 3 heterocycles. The maximum absolute atomic E-state index is 12.9. The largest absolute Gasteiger partial charge is 0.469 e. The molecular formula is C20H14ClF3N4O3. The average molecular weight is 451 g/mol. The van der Waals surface area contributed by atoms with Gasteiger partial charge in [-0.3, -0.25) is 4.98 Å². The molecule has 1 aliphatic rings. The zero-order valence-electron chi connectivity index (χ0n) is 15.7. The lowest BCUT2D eigenvalue weighted by atomic mass is 10.0. The van der Waals surface area contributed by atoms with Crippen LogP contribution in [0.4, 0.5) is 18.0 Å². The zero-order chi connectivity index (χ0) is 22.2. The number of amides is 1. The Labute approximate surface area is 179 Å². The first-order chi connectivity index (χ1) is 14.7. The molecule has 11 heteroatoms. The van der Waals surface area contributed by atoms with Crippen LogP contribution in [0.25, 0.3) is 22.5 Å². The minimum absolute atomic E-state index is 0.147. The Balaban J connectivity index is 1.70. The van der Waals surface area contributed by atoms with Gasteiger partial charge in [-0.25, -0.2) is 14.8 Å². The highest BCUT2D eigenvalue weighted by molar-refractivity contribution is 6.33. The molecule has 1 aliphatic heterocycles. The minimum atomic E-state index is -4.45. The van der Waals surface area contributed by atoms with Crippen molar-refractivity contribution < 1.29 is 27.8 Å². The Bertz CT molecular complexity index is 1120. The summed E-state index contributed by atoms with van der Waals surface area (Å²) in [6, 6.07) is 6.16. The average Bonchev–Trinajstić information content (AvgIpc) is 2.70. The highest BCUT2D eigenvalue weighted by Gasteiger charge is 2.33. The van der Waals surface area contributed by atoms with Gasteiger partial charge in [0.25, 0.3) is 0 Å². The molecule has 4 rings (SSSR count). The predicted octanol–water partition coefficient (Wildman–Crippen LogP) is 4.62. The molecule has 31 heavy (non-hydrogen) atoms. The standard InChI is InChI=1S/C20H14ClF3N4O3/c21-15-7-25-6-5-14(15)18-17(11-1-3-12(4-2-11)20(22,23)24)26-8-16(27-18)31-13-9-28(10-13)19(29)30/h1-8,13H,9-10H2,(H,29,30). The summed E-state index contributed by atoms with van der Waals surface area (Å²) >= 11 is 6.26. The van der Waals surface area contributed by atoms with Crippen molar-refractivity contribution in [1.29, 1.82) is 0 Å². The van der Waals surface area contributed by atoms with Crippen molar-refractivity contribution in [2.45, 2.75) is 12.3 Å². The molecule has 1 saturated heterocycles. The highest BCUT2D eigenvalue weighted by Crippen LogP contribution is 2.36. The number of carboxylic acid groups (broad SMARTS) is 1. The number of halogens is 4. The summed E-state index contributed by atoms with van der Waals surface area (Å²) in [7, 11) is 0. The van der Waals surface area contributed by atoms with Crippen LogP contribution in [-0.2, 0) is 6.18 Å². The van der Waals surface area contributed by atoms with Gasteiger partial charge in [0.15, 0.2) is 0 Å². The third-order valence-corrected chi connectivity index (χ3v) is 4.97. The molecule has 0 spiro atoms. The number of ether oxygens (including phenoxy) is 1. The van der Waals surface area contributed by atoms with Gasteiger partial charge in [0, 0.05) is 23.5 Å². The molecule has 0 radical (unpaired) electrons. The predicted molar refractivity (Wildman–Crippen MR) is 105 cm³/mol. The van der Waals surface area contributed by atoms with E-state index < -0.39 is 17.8 Å². The number of benzene rings is 1. The number of carbonyl (C=O) groups is 1. The van der Waals surface area contributed by atoms with E-state index >= 15 is 0 Å². The maximum Gasteiger partial charge on any atom is 0.416 e. The fourth-order valence-corrected chi connectivity index (χ4v) is 3.26. The lowest BCUT2D eigenvalue weighted by Crippen LogP contribution is -2.55. The summed E-state index contributed by atoms with van der Waals surface area (Å²) in [5.74, 6) is 0.147. The maximum atomic E-state index is 12.9. The number of rotatable bonds is 4. The van der Waals surface area contributed by atoms with Crippen LogP contribution in [0.5, 0.6) is 5.88 Å². The molecule has 1 N–H and O–H groups in total. The molecule has 2 aromatic heterocycles. The van der Waals surface area contributed by atoms with Gasteiger partial charge in [0.2, 0.25) is 5.88 Å². The van der Waals surface area contributed by atoms with Crippen LogP contribution in [0.3, 0.4) is 0 Å². The van der Waals surface area contributed by atoms with Crippen LogP contribution in [0.15, 0.2) is 48.9 Å². The fraction of sp³-hybridized carbons (Fsp3) is 0.200. The molecule has 0 atom stereocenters. The van der Waals surface area contributed by atoms with E-state index in [0.717, 1.165) is 12.1 Å².